The number of guanidine groups is 2. The lowest BCUT2D eigenvalue weighted by molar-refractivity contribution is 0.107. The average molecular weight is 464 g/mol. The van der Waals surface area contributed by atoms with E-state index in [4.69, 9.17) is 23.1 Å². The number of nitrogens with two attached hydrogens (primary N) is 2. The Bertz CT molecular complexity index is 780. The van der Waals surface area contributed by atoms with Gasteiger partial charge in [-0.3, -0.25) is 0 Å². The number of aromatic nitrogens is 1. The monoisotopic (exact) mass is 463 g/mol. The van der Waals surface area contributed by atoms with E-state index in [0.717, 1.165) is 11.9 Å². The molecule has 0 unspecified atom stereocenters. The molecule has 0 aliphatic carbocycles. The average Bonchev–Trinajstić information content (AvgIpc) is 2.94. The predicted molar refractivity (Wildman–Crippen MR) is 108 cm³/mol. The summed E-state index contributed by atoms with van der Waals surface area (Å²) in [5, 5.41) is 1.39. The van der Waals surface area contributed by atoms with Crippen LogP contribution in [0.1, 0.15) is 5.69 Å². The highest BCUT2D eigenvalue weighted by Crippen LogP contribution is 2.20. The maximum Gasteiger partial charge on any atom is 0.341 e. The van der Waals surface area contributed by atoms with Crippen molar-refractivity contribution < 1.29 is 17.2 Å². The van der Waals surface area contributed by atoms with Crippen LogP contribution in [-0.4, -0.2) is 67.7 Å². The fourth-order valence-corrected chi connectivity index (χ4v) is 3.75. The van der Waals surface area contributed by atoms with Crippen molar-refractivity contribution in [1.82, 2.24) is 9.88 Å². The first-order chi connectivity index (χ1) is 12.4. The molecule has 0 amide bonds. The number of hydrogen-bond acceptors (Lipinski definition) is 6. The van der Waals surface area contributed by atoms with E-state index in [-0.39, 0.29) is 11.9 Å². The standard InChI is InChI=1S/C12H20ClF2N7O2S3/c1-22(10(17)21-27(2,23)24)3-4-25-5-8-6-26-11(19-8)20-9(16)18-7-12(13,14)15/h6H,3-5,7H2,1-2H3,(H2,17,21)(H3,16,18,19,20). The fraction of sp³-hybridized carbons (Fsp3) is 0.583. The van der Waals surface area contributed by atoms with Crippen molar-refractivity contribution in [3.05, 3.63) is 11.1 Å². The molecule has 154 valence electrons. The van der Waals surface area contributed by atoms with Gasteiger partial charge < -0.3 is 21.7 Å². The van der Waals surface area contributed by atoms with E-state index in [9.17, 15) is 17.2 Å². The number of anilines is 1. The van der Waals surface area contributed by atoms with Crippen LogP contribution in [-0.2, 0) is 15.8 Å². The fourth-order valence-electron chi connectivity index (χ4n) is 1.49. The van der Waals surface area contributed by atoms with Crippen LogP contribution < -0.4 is 16.8 Å². The van der Waals surface area contributed by atoms with Crippen LogP contribution in [0.3, 0.4) is 0 Å². The Morgan fingerprint density at radius 3 is 2.78 bits per heavy atom. The van der Waals surface area contributed by atoms with E-state index >= 15 is 0 Å². The molecule has 0 aromatic carbocycles. The van der Waals surface area contributed by atoms with Gasteiger partial charge in [-0.15, -0.1) is 15.7 Å². The second-order valence-corrected chi connectivity index (χ2v) is 9.41. The minimum atomic E-state index is -3.53. The summed E-state index contributed by atoms with van der Waals surface area (Å²) in [6.45, 7) is -0.433. The number of hydrogen-bond donors (Lipinski definition) is 3. The molecule has 0 saturated carbocycles. The molecule has 0 radical (unpaired) electrons. The zero-order valence-electron chi connectivity index (χ0n) is 14.5. The molecule has 0 spiro atoms. The molecule has 1 heterocycles. The number of thiazole rings is 1. The number of rotatable bonds is 9. The second-order valence-electron chi connectivity index (χ2n) is 5.24. The molecule has 15 heteroatoms. The topological polar surface area (TPSA) is 139 Å². The third-order valence-electron chi connectivity index (χ3n) is 2.69. The summed E-state index contributed by atoms with van der Waals surface area (Å²) in [4.78, 5) is 9.22. The Labute approximate surface area is 169 Å². The molecule has 0 aliphatic rings. The van der Waals surface area contributed by atoms with E-state index in [2.05, 4.69) is 19.7 Å². The summed E-state index contributed by atoms with van der Waals surface area (Å²) < 4.78 is 50.5. The Kier molecular flexibility index (Phi) is 8.98. The van der Waals surface area contributed by atoms with Crippen LogP contribution in [0.5, 0.6) is 0 Å². The van der Waals surface area contributed by atoms with E-state index in [0.29, 0.717) is 23.2 Å². The van der Waals surface area contributed by atoms with Crippen molar-refractivity contribution in [2.75, 3.05) is 37.5 Å². The van der Waals surface area contributed by atoms with Crippen LogP contribution in [0.2, 0.25) is 0 Å². The molecule has 5 N–H and O–H groups in total. The van der Waals surface area contributed by atoms with Gasteiger partial charge in [0.25, 0.3) is 10.0 Å². The lowest BCUT2D eigenvalue weighted by atomic mass is 10.6. The van der Waals surface area contributed by atoms with Crippen molar-refractivity contribution in [3.63, 3.8) is 0 Å². The molecule has 1 aromatic rings. The smallest absolute Gasteiger partial charge is 0.341 e. The van der Waals surface area contributed by atoms with Gasteiger partial charge in [-0.1, -0.05) is 0 Å². The van der Waals surface area contributed by atoms with Gasteiger partial charge in [0.05, 0.1) is 11.9 Å². The summed E-state index contributed by atoms with van der Waals surface area (Å²) in [5.41, 5.74) is 11.8. The quantitative estimate of drug-likeness (QED) is 0.214. The zero-order valence-corrected chi connectivity index (χ0v) is 17.7. The number of aliphatic imine (C=N–C) groups is 1. The minimum Gasteiger partial charge on any atom is -0.370 e. The molecule has 0 fully saturated rings. The van der Waals surface area contributed by atoms with Gasteiger partial charge in [0.1, 0.15) is 6.54 Å². The van der Waals surface area contributed by atoms with Crippen molar-refractivity contribution in [2.45, 2.75) is 11.1 Å². The Balaban J connectivity index is 2.40. The normalized spacial score (nSPS) is 13.7. The molecule has 0 saturated heterocycles. The number of alkyl halides is 3. The molecule has 1 aromatic heterocycles. The summed E-state index contributed by atoms with van der Waals surface area (Å²) in [7, 11) is -1.89. The number of nitrogens with one attached hydrogen (secondary N) is 1. The van der Waals surface area contributed by atoms with Crippen molar-refractivity contribution in [1.29, 1.82) is 0 Å². The van der Waals surface area contributed by atoms with E-state index in [1.165, 1.54) is 16.2 Å². The molecular formula is C12H20ClF2N7O2S3. The number of halogens is 3. The van der Waals surface area contributed by atoms with Gasteiger partial charge >= 0.3 is 5.38 Å². The van der Waals surface area contributed by atoms with Gasteiger partial charge in [0, 0.05) is 30.5 Å². The highest BCUT2D eigenvalue weighted by molar-refractivity contribution is 7.98. The molecular weight excluding hydrogens is 444 g/mol. The van der Waals surface area contributed by atoms with Gasteiger partial charge in [-0.05, 0) is 11.6 Å². The van der Waals surface area contributed by atoms with E-state index < -0.39 is 21.9 Å². The van der Waals surface area contributed by atoms with Gasteiger partial charge in [-0.2, -0.15) is 20.5 Å². The lowest BCUT2D eigenvalue weighted by Crippen LogP contribution is -2.36. The second kappa shape index (κ2) is 10.2. The number of nitrogens with zero attached hydrogens (tertiary/aromatic N) is 4. The molecule has 0 bridgehead atoms. The summed E-state index contributed by atoms with van der Waals surface area (Å²) >= 11 is 7.55. The maximum atomic E-state index is 12.5. The van der Waals surface area contributed by atoms with Crippen LogP contribution in [0.15, 0.2) is 14.8 Å². The SMILES string of the molecule is CN(CCSCc1csc(NC(N)=NCC(F)(F)Cl)n1)C(N)=NS(C)(=O)=O. The Morgan fingerprint density at radius 2 is 2.19 bits per heavy atom. The summed E-state index contributed by atoms with van der Waals surface area (Å²) in [5.74, 6) is 0.971. The first-order valence-corrected chi connectivity index (χ1v) is 11.5. The first kappa shape index (κ1) is 23.7. The predicted octanol–water partition coefficient (Wildman–Crippen LogP) is 1.14. The zero-order chi connectivity index (χ0) is 20.7. The third kappa shape index (κ3) is 11.1. The minimum absolute atomic E-state index is 0.0736. The highest BCUT2D eigenvalue weighted by atomic mass is 35.5. The number of thioether (sulfide) groups is 1. The number of sulfonamides is 1. The lowest BCUT2D eigenvalue weighted by Gasteiger charge is -2.16. The van der Waals surface area contributed by atoms with Crippen LogP contribution in [0.4, 0.5) is 13.9 Å². The van der Waals surface area contributed by atoms with Crippen LogP contribution >= 0.6 is 34.7 Å². The highest BCUT2D eigenvalue weighted by Gasteiger charge is 2.23. The molecule has 9 nitrogen and oxygen atoms in total. The summed E-state index contributed by atoms with van der Waals surface area (Å²) in [6.07, 6.45) is 0.967. The molecule has 27 heavy (non-hydrogen) atoms. The van der Waals surface area contributed by atoms with Crippen molar-refractivity contribution in [2.24, 2.45) is 20.9 Å². The Morgan fingerprint density at radius 1 is 1.52 bits per heavy atom. The van der Waals surface area contributed by atoms with E-state index in [1.807, 2.05) is 0 Å². The van der Waals surface area contributed by atoms with Crippen molar-refractivity contribution in [3.8, 4) is 0 Å². The largest absolute Gasteiger partial charge is 0.370 e. The summed E-state index contributed by atoms with van der Waals surface area (Å²) in [6, 6.07) is 0. The molecule has 0 atom stereocenters. The van der Waals surface area contributed by atoms with Crippen molar-refractivity contribution >= 4 is 61.8 Å². The third-order valence-corrected chi connectivity index (χ3v) is 5.10. The van der Waals surface area contributed by atoms with Gasteiger partial charge in [0.15, 0.2) is 11.1 Å². The molecule has 1 rings (SSSR count). The first-order valence-electron chi connectivity index (χ1n) is 7.28. The van der Waals surface area contributed by atoms with E-state index in [1.54, 1.807) is 24.2 Å². The van der Waals surface area contributed by atoms with Crippen LogP contribution in [0, 0.1) is 0 Å². The van der Waals surface area contributed by atoms with Gasteiger partial charge in [0.2, 0.25) is 5.96 Å². The maximum absolute atomic E-state index is 12.5. The van der Waals surface area contributed by atoms with Crippen LogP contribution in [0.25, 0.3) is 0 Å². The van der Waals surface area contributed by atoms with Gasteiger partial charge in [-0.25, -0.2) is 18.4 Å². The Hall–Kier alpha value is -1.38. The molecule has 0 aliphatic heterocycles.